The quantitative estimate of drug-likeness (QED) is 0.776. The highest BCUT2D eigenvalue weighted by Gasteiger charge is 2.13. The number of hydrogen-bond donors (Lipinski definition) is 1. The van der Waals surface area contributed by atoms with Gasteiger partial charge in [-0.3, -0.25) is 0 Å². The maximum atomic E-state index is 8.89. The zero-order valence-corrected chi connectivity index (χ0v) is 8.39. The van der Waals surface area contributed by atoms with Crippen LogP contribution in [0.5, 0.6) is 0 Å². The summed E-state index contributed by atoms with van der Waals surface area (Å²) in [6, 6.07) is 5.79. The van der Waals surface area contributed by atoms with Gasteiger partial charge in [0, 0.05) is 10.9 Å². The number of hydrogen-bond acceptors (Lipinski definition) is 4. The lowest BCUT2D eigenvalue weighted by Crippen LogP contribution is -1.84. The highest BCUT2D eigenvalue weighted by molar-refractivity contribution is 7.14. The number of nitrogens with zero attached hydrogens (tertiary/aromatic N) is 1. The summed E-state index contributed by atoms with van der Waals surface area (Å²) in [5.41, 5.74) is 6.94. The third kappa shape index (κ3) is 1.28. The zero-order valence-electron chi connectivity index (χ0n) is 7.57. The fourth-order valence-electron chi connectivity index (χ4n) is 1.25. The molecule has 0 aliphatic carbocycles. The molecule has 2 rings (SSSR count). The Morgan fingerprint density at radius 3 is 2.86 bits per heavy atom. The number of nitrogens with two attached hydrogens (primary N) is 1. The highest BCUT2D eigenvalue weighted by atomic mass is 32.1. The molecule has 0 atom stereocenters. The largest absolute Gasteiger partial charge is 0.461 e. The summed E-state index contributed by atoms with van der Waals surface area (Å²) in [5, 5.41) is 11.3. The van der Waals surface area contributed by atoms with E-state index >= 15 is 0 Å². The van der Waals surface area contributed by atoms with Crippen LogP contribution in [-0.4, -0.2) is 0 Å². The molecule has 70 valence electrons. The van der Waals surface area contributed by atoms with E-state index in [0.717, 1.165) is 11.3 Å². The Labute approximate surface area is 85.4 Å². The molecule has 2 N–H and O–H groups in total. The van der Waals surface area contributed by atoms with Gasteiger partial charge in [0.1, 0.15) is 22.6 Å². The average Bonchev–Trinajstić information content (AvgIpc) is 2.71. The Kier molecular flexibility index (Phi) is 2.02. The van der Waals surface area contributed by atoms with Crippen molar-refractivity contribution in [1.82, 2.24) is 0 Å². The molecular formula is C10H8N2OS. The van der Waals surface area contributed by atoms with Crippen LogP contribution in [0.25, 0.3) is 11.3 Å². The molecule has 3 nitrogen and oxygen atoms in total. The van der Waals surface area contributed by atoms with Gasteiger partial charge in [-0.1, -0.05) is 0 Å². The van der Waals surface area contributed by atoms with Crippen molar-refractivity contribution in [2.75, 3.05) is 5.73 Å². The molecule has 4 heteroatoms. The van der Waals surface area contributed by atoms with E-state index in [1.54, 1.807) is 0 Å². The SMILES string of the molecule is Cc1ccc(-c2csc(N)c2C#N)o1. The summed E-state index contributed by atoms with van der Waals surface area (Å²) in [6.07, 6.45) is 0. The predicted octanol–water partition coefficient (Wildman–Crippen LogP) is 2.77. The summed E-state index contributed by atoms with van der Waals surface area (Å²) >= 11 is 1.35. The number of anilines is 1. The van der Waals surface area contributed by atoms with Crippen LogP contribution in [0.2, 0.25) is 0 Å². The first-order valence-corrected chi connectivity index (χ1v) is 4.94. The molecule has 2 heterocycles. The van der Waals surface area contributed by atoms with E-state index < -0.39 is 0 Å². The summed E-state index contributed by atoms with van der Waals surface area (Å²) < 4.78 is 5.43. The van der Waals surface area contributed by atoms with Crippen LogP contribution in [0.15, 0.2) is 21.9 Å². The van der Waals surface area contributed by atoms with E-state index in [2.05, 4.69) is 6.07 Å². The van der Waals surface area contributed by atoms with Crippen molar-refractivity contribution in [3.63, 3.8) is 0 Å². The molecule has 2 aromatic rings. The Morgan fingerprint density at radius 2 is 2.29 bits per heavy atom. The van der Waals surface area contributed by atoms with Gasteiger partial charge in [0.2, 0.25) is 0 Å². The normalized spacial score (nSPS) is 10.0. The standard InChI is InChI=1S/C10H8N2OS/c1-6-2-3-9(13-6)8-5-14-10(12)7(8)4-11/h2-3,5H,12H2,1H3. The third-order valence-corrected chi connectivity index (χ3v) is 2.75. The maximum Gasteiger partial charge on any atom is 0.136 e. The molecule has 0 unspecified atom stereocenters. The van der Waals surface area contributed by atoms with Gasteiger partial charge in [-0.2, -0.15) is 5.26 Å². The fraction of sp³-hybridized carbons (Fsp3) is 0.100. The van der Waals surface area contributed by atoms with E-state index in [9.17, 15) is 0 Å². The average molecular weight is 204 g/mol. The topological polar surface area (TPSA) is 63.0 Å². The molecule has 0 aromatic carbocycles. The number of furan rings is 1. The smallest absolute Gasteiger partial charge is 0.136 e. The minimum Gasteiger partial charge on any atom is -0.461 e. The first-order valence-electron chi connectivity index (χ1n) is 4.06. The van der Waals surface area contributed by atoms with Gasteiger partial charge in [0.15, 0.2) is 0 Å². The summed E-state index contributed by atoms with van der Waals surface area (Å²) in [4.78, 5) is 0. The monoisotopic (exact) mass is 204 g/mol. The van der Waals surface area contributed by atoms with Crippen molar-refractivity contribution in [3.05, 3.63) is 28.8 Å². The van der Waals surface area contributed by atoms with Gasteiger partial charge in [0.05, 0.1) is 5.56 Å². The van der Waals surface area contributed by atoms with Crippen LogP contribution < -0.4 is 5.73 Å². The molecule has 0 spiro atoms. The minimum atomic E-state index is 0.504. The van der Waals surface area contributed by atoms with Crippen LogP contribution >= 0.6 is 11.3 Å². The van der Waals surface area contributed by atoms with Crippen LogP contribution in [0.1, 0.15) is 11.3 Å². The molecule has 2 aromatic heterocycles. The van der Waals surface area contributed by atoms with Crippen LogP contribution in [0, 0.1) is 18.3 Å². The first-order chi connectivity index (χ1) is 6.72. The van der Waals surface area contributed by atoms with Gasteiger partial charge < -0.3 is 10.2 Å². The second-order valence-corrected chi connectivity index (χ2v) is 3.82. The van der Waals surface area contributed by atoms with E-state index in [4.69, 9.17) is 15.4 Å². The van der Waals surface area contributed by atoms with Crippen molar-refractivity contribution in [2.45, 2.75) is 6.92 Å². The molecule has 0 saturated carbocycles. The van der Waals surface area contributed by atoms with Crippen molar-refractivity contribution < 1.29 is 4.42 Å². The molecule has 0 radical (unpaired) electrons. The predicted molar refractivity (Wildman–Crippen MR) is 55.9 cm³/mol. The number of rotatable bonds is 1. The first kappa shape index (κ1) is 8.85. The molecule has 14 heavy (non-hydrogen) atoms. The Morgan fingerprint density at radius 1 is 1.50 bits per heavy atom. The number of aryl methyl sites for hydroxylation is 1. The lowest BCUT2D eigenvalue weighted by Gasteiger charge is -1.92. The van der Waals surface area contributed by atoms with E-state index in [0.29, 0.717) is 16.3 Å². The Hall–Kier alpha value is -1.73. The molecule has 0 saturated heterocycles. The van der Waals surface area contributed by atoms with Crippen molar-refractivity contribution in [1.29, 1.82) is 5.26 Å². The molecule has 0 fully saturated rings. The summed E-state index contributed by atoms with van der Waals surface area (Å²) in [7, 11) is 0. The fourth-order valence-corrected chi connectivity index (χ4v) is 2.00. The summed E-state index contributed by atoms with van der Waals surface area (Å²) in [5.74, 6) is 1.53. The Balaban J connectivity index is 2.58. The third-order valence-electron chi connectivity index (χ3n) is 1.94. The van der Waals surface area contributed by atoms with E-state index in [1.807, 2.05) is 24.4 Å². The van der Waals surface area contributed by atoms with Gasteiger partial charge in [-0.15, -0.1) is 11.3 Å². The van der Waals surface area contributed by atoms with Crippen LogP contribution in [-0.2, 0) is 0 Å². The molecule has 0 aliphatic rings. The van der Waals surface area contributed by atoms with Gasteiger partial charge in [-0.05, 0) is 19.1 Å². The Bertz CT molecular complexity index is 504. The molecular weight excluding hydrogens is 196 g/mol. The van der Waals surface area contributed by atoms with Gasteiger partial charge in [0.25, 0.3) is 0 Å². The molecule has 0 amide bonds. The maximum absolute atomic E-state index is 8.89. The minimum absolute atomic E-state index is 0.504. The number of nitrogen functional groups attached to an aromatic ring is 1. The van der Waals surface area contributed by atoms with Gasteiger partial charge in [-0.25, -0.2) is 0 Å². The lowest BCUT2D eigenvalue weighted by molar-refractivity contribution is 0.548. The highest BCUT2D eigenvalue weighted by Crippen LogP contribution is 2.33. The van der Waals surface area contributed by atoms with Crippen LogP contribution in [0.3, 0.4) is 0 Å². The van der Waals surface area contributed by atoms with Crippen LogP contribution in [0.4, 0.5) is 5.00 Å². The van der Waals surface area contributed by atoms with E-state index in [1.165, 1.54) is 11.3 Å². The molecule has 0 aliphatic heterocycles. The second kappa shape index (κ2) is 3.20. The van der Waals surface area contributed by atoms with Crippen molar-refractivity contribution in [2.24, 2.45) is 0 Å². The van der Waals surface area contributed by atoms with E-state index in [-0.39, 0.29) is 0 Å². The number of nitriles is 1. The molecule has 0 bridgehead atoms. The van der Waals surface area contributed by atoms with Crippen molar-refractivity contribution >= 4 is 16.3 Å². The van der Waals surface area contributed by atoms with Crippen molar-refractivity contribution in [3.8, 4) is 17.4 Å². The zero-order chi connectivity index (χ0) is 10.1. The van der Waals surface area contributed by atoms with Gasteiger partial charge >= 0.3 is 0 Å². The summed E-state index contributed by atoms with van der Waals surface area (Å²) in [6.45, 7) is 1.87. The lowest BCUT2D eigenvalue weighted by atomic mass is 10.1. The second-order valence-electron chi connectivity index (χ2n) is 2.91. The number of thiophene rings is 1.